The lowest BCUT2D eigenvalue weighted by Gasteiger charge is -2.04. The van der Waals surface area contributed by atoms with Gasteiger partial charge in [0.1, 0.15) is 50.3 Å². The van der Waals surface area contributed by atoms with E-state index in [1.165, 1.54) is 145 Å². The van der Waals surface area contributed by atoms with E-state index in [0.717, 1.165) is 0 Å². The first kappa shape index (κ1) is 49.4. The first-order chi connectivity index (χ1) is 36.0. The molecule has 0 saturated carbocycles. The van der Waals surface area contributed by atoms with E-state index < -0.39 is 152 Å². The summed E-state index contributed by atoms with van der Waals surface area (Å²) in [5.74, 6) is 0. The molecule has 0 amide bonds. The quantitative estimate of drug-likeness (QED) is 0.0953. The molecule has 0 radical (unpaired) electrons. The molecule has 9 rings (SSSR count). The predicted octanol–water partition coefficient (Wildman–Crippen LogP) is 4.67. The highest BCUT2D eigenvalue weighted by Gasteiger charge is 2.50. The maximum absolute atomic E-state index is 13.6. The van der Waals surface area contributed by atoms with Gasteiger partial charge in [0.15, 0.2) is 72.4 Å². The zero-order valence-corrected chi connectivity index (χ0v) is 39.0. The minimum absolute atomic E-state index is 0.316. The molecule has 0 aromatic carbocycles. The average Bonchev–Trinajstić information content (AvgIpc) is 4.21. The number of fused-ring (bicyclic) bond motifs is 8. The molecule has 9 heterocycles. The lowest BCUT2D eigenvalue weighted by molar-refractivity contribution is -0.671. The minimum Gasteiger partial charge on any atom is -0.343 e. The molecule has 0 saturated heterocycles. The molecule has 8 bridgehead atoms. The van der Waals surface area contributed by atoms with Crippen LogP contribution in [0.15, 0.2) is 98.1 Å². The Bertz CT molecular complexity index is 3580. The minimum atomic E-state index is -1.54. The van der Waals surface area contributed by atoms with Gasteiger partial charge >= 0.3 is 45.5 Å². The van der Waals surface area contributed by atoms with Gasteiger partial charge in [0, 0.05) is 70.8 Å². The van der Waals surface area contributed by atoms with Gasteiger partial charge in [-0.2, -0.15) is 0 Å². The standard InChI is InChI=1S/C44H29N16O16/c1-49-13-5-21(6-14-49)25-29-37(53(61)62)39(55(65)66)31(45-29)26(22-7-15-50(2)16-8-22)33-41(57(69)70)43(59(73)74)35(47-33)28(24-11-19-52(4)20-12-24)36-44(60(75)76)42(58(71)72)34(48-36)27(23-9-17-51(3)18-10-23)32-40(56(67)68)38(54(63)64)30(25)46-32/h5-20H,1-4H3,(H,45,46,47,48)/q+3/p+1. The van der Waals surface area contributed by atoms with Crippen molar-refractivity contribution in [2.75, 3.05) is 0 Å². The fourth-order valence-electron chi connectivity index (χ4n) is 8.94. The lowest BCUT2D eigenvalue weighted by atomic mass is 10.0. The van der Waals surface area contributed by atoms with Crippen molar-refractivity contribution in [2.24, 2.45) is 28.2 Å². The number of nitrogens with zero attached hydrogens (tertiary/aromatic N) is 14. The third-order valence-electron chi connectivity index (χ3n) is 12.2. The number of aromatic nitrogens is 8. The highest BCUT2D eigenvalue weighted by atomic mass is 16.7. The number of nitro groups is 8. The SMILES string of the molecule is C[n+]1ccc(-c2c3nc(c(-c4cc[n+](C)cc4)c4[nH]c(c(-c5cc[n+](C)cc5)c5nc(c(-c6cc[n+](C)cc6)c6[nH]c2c([N+](=O)[O-])c6[N+](=O)[O-])C([N+](=O)[O-])=C5[N+](=O)[O-])c([N+](=O)[O-])c4[N+](=O)[O-])C([N+](=O)[O-])=C3[N+](=O)[O-])cc1. The van der Waals surface area contributed by atoms with Crippen LogP contribution in [-0.2, 0) is 28.2 Å². The Morgan fingerprint density at radius 1 is 0.316 bits per heavy atom. The molecule has 0 aliphatic carbocycles. The third-order valence-corrected chi connectivity index (χ3v) is 12.2. The number of hydrogen-bond donors (Lipinski definition) is 2. The highest BCUT2D eigenvalue weighted by Crippen LogP contribution is 2.52. The molecule has 0 unspecified atom stereocenters. The molecule has 0 spiro atoms. The Morgan fingerprint density at radius 2 is 0.487 bits per heavy atom. The van der Waals surface area contributed by atoms with Crippen LogP contribution in [-0.4, -0.2) is 59.3 Å². The second-order valence-corrected chi connectivity index (χ2v) is 16.7. The molecule has 378 valence electrons. The van der Waals surface area contributed by atoms with E-state index in [-0.39, 0.29) is 22.3 Å². The summed E-state index contributed by atoms with van der Waals surface area (Å²) in [6.45, 7) is 0. The summed E-state index contributed by atoms with van der Waals surface area (Å²) in [6, 6.07) is 9.47. The van der Waals surface area contributed by atoms with Crippen molar-refractivity contribution in [3.05, 3.63) is 202 Å². The molecule has 32 heteroatoms. The molecule has 7 aromatic rings. The molecule has 0 atom stereocenters. The van der Waals surface area contributed by atoms with Crippen molar-refractivity contribution in [3.8, 4) is 44.5 Å². The number of rotatable bonds is 12. The van der Waals surface area contributed by atoms with Crippen LogP contribution >= 0.6 is 0 Å². The van der Waals surface area contributed by atoms with Gasteiger partial charge in [0.05, 0.1) is 39.4 Å². The second-order valence-electron chi connectivity index (χ2n) is 16.7. The van der Waals surface area contributed by atoms with Gasteiger partial charge in [-0.25, -0.2) is 28.2 Å². The molecular formula is C44H30N16O16+4. The third kappa shape index (κ3) is 7.91. The fourth-order valence-corrected chi connectivity index (χ4v) is 8.94. The number of nitrogens with one attached hydrogen (secondary N) is 2. The molecule has 0 fully saturated rings. The van der Waals surface area contributed by atoms with Gasteiger partial charge in [-0.1, -0.05) is 0 Å². The van der Waals surface area contributed by atoms with Crippen molar-refractivity contribution in [2.45, 2.75) is 0 Å². The van der Waals surface area contributed by atoms with Gasteiger partial charge in [0.25, 0.3) is 0 Å². The molecule has 7 aromatic heterocycles. The number of hydrogen-bond acceptors (Lipinski definition) is 18. The van der Waals surface area contributed by atoms with Crippen LogP contribution in [0.5, 0.6) is 0 Å². The van der Waals surface area contributed by atoms with Gasteiger partial charge in [-0.05, 0) is 22.3 Å². The van der Waals surface area contributed by atoms with E-state index in [9.17, 15) is 80.9 Å². The Morgan fingerprint density at radius 3 is 0.632 bits per heavy atom. The van der Waals surface area contributed by atoms with Crippen LogP contribution in [0.2, 0.25) is 0 Å². The van der Waals surface area contributed by atoms with Crippen LogP contribution in [0.25, 0.3) is 89.4 Å². The Kier molecular flexibility index (Phi) is 11.8. The second kappa shape index (κ2) is 18.2. The number of aromatic amines is 2. The summed E-state index contributed by atoms with van der Waals surface area (Å²) >= 11 is 0. The zero-order valence-electron chi connectivity index (χ0n) is 39.0. The highest BCUT2D eigenvalue weighted by molar-refractivity contribution is 6.11. The molecule has 32 nitrogen and oxygen atoms in total. The summed E-state index contributed by atoms with van der Waals surface area (Å²) in [6.07, 6.45) is 10.4. The van der Waals surface area contributed by atoms with Crippen molar-refractivity contribution >= 4 is 67.6 Å². The summed E-state index contributed by atoms with van der Waals surface area (Å²) in [5.41, 5.74) is -25.5. The molecule has 2 N–H and O–H groups in total. The molecular weight excluding hydrogens is 1010 g/mol. The van der Waals surface area contributed by atoms with Crippen LogP contribution in [0.1, 0.15) is 22.8 Å². The first-order valence-corrected chi connectivity index (χ1v) is 21.4. The summed E-state index contributed by atoms with van der Waals surface area (Å²) in [5, 5.41) is 109. The van der Waals surface area contributed by atoms with Gasteiger partial charge in [-0.3, -0.25) is 80.9 Å². The maximum atomic E-state index is 13.6. The molecule has 76 heavy (non-hydrogen) atoms. The maximum Gasteiger partial charge on any atom is 0.374 e. The van der Waals surface area contributed by atoms with E-state index in [0.29, 0.717) is 0 Å². The van der Waals surface area contributed by atoms with Gasteiger partial charge in [0.2, 0.25) is 0 Å². The van der Waals surface area contributed by atoms with Crippen molar-refractivity contribution < 1.29 is 57.7 Å². The van der Waals surface area contributed by atoms with E-state index in [4.69, 9.17) is 0 Å². The molecule has 2 aliphatic rings. The van der Waals surface area contributed by atoms with Crippen molar-refractivity contribution in [3.63, 3.8) is 0 Å². The van der Waals surface area contributed by atoms with Crippen LogP contribution in [0.4, 0.5) is 22.7 Å². The summed E-state index contributed by atoms with van der Waals surface area (Å²) in [7, 11) is 6.03. The summed E-state index contributed by atoms with van der Waals surface area (Å²) in [4.78, 5) is 112. The van der Waals surface area contributed by atoms with E-state index in [1.807, 2.05) is 0 Å². The number of aryl methyl sites for hydroxylation is 4. The Hall–Kier alpha value is -11.6. The first-order valence-electron chi connectivity index (χ1n) is 21.4. The van der Waals surface area contributed by atoms with Crippen molar-refractivity contribution in [1.29, 1.82) is 0 Å². The monoisotopic (exact) mass is 1040 g/mol. The topological polar surface area (TPSA) is 418 Å². The number of pyridine rings is 4. The smallest absolute Gasteiger partial charge is 0.343 e. The van der Waals surface area contributed by atoms with E-state index in [2.05, 4.69) is 19.9 Å². The van der Waals surface area contributed by atoms with Gasteiger partial charge in [-0.15, -0.1) is 0 Å². The van der Waals surface area contributed by atoms with Crippen LogP contribution < -0.4 is 18.3 Å². The predicted molar refractivity (Wildman–Crippen MR) is 256 cm³/mol. The Labute approximate surface area is 418 Å². The normalized spacial score (nSPS) is 12.2. The van der Waals surface area contributed by atoms with E-state index >= 15 is 0 Å². The fraction of sp³-hybridized carbons (Fsp3) is 0.0909. The van der Waals surface area contributed by atoms with Gasteiger partial charge < -0.3 is 9.97 Å². The van der Waals surface area contributed by atoms with Crippen LogP contribution in [0.3, 0.4) is 0 Å². The Balaban J connectivity index is 1.82. The largest absolute Gasteiger partial charge is 0.374 e. The zero-order chi connectivity index (χ0) is 54.9. The van der Waals surface area contributed by atoms with Crippen LogP contribution in [0, 0.1) is 80.9 Å². The van der Waals surface area contributed by atoms with Crippen molar-refractivity contribution in [1.82, 2.24) is 19.9 Å². The van der Waals surface area contributed by atoms with E-state index in [1.54, 1.807) is 0 Å². The number of H-pyrrole nitrogens is 2. The molecule has 2 aliphatic heterocycles. The average molecular weight is 1040 g/mol. The lowest BCUT2D eigenvalue weighted by Crippen LogP contribution is -2.25. The summed E-state index contributed by atoms with van der Waals surface area (Å²) < 4.78 is 5.67.